The fourth-order valence-corrected chi connectivity index (χ4v) is 1.45. The van der Waals surface area contributed by atoms with Crippen LogP contribution in [0.15, 0.2) is 12.3 Å². The van der Waals surface area contributed by atoms with Crippen LogP contribution in [-0.2, 0) is 0 Å². The van der Waals surface area contributed by atoms with E-state index in [4.69, 9.17) is 5.73 Å². The number of hydrogen-bond donors (Lipinski definition) is 2. The van der Waals surface area contributed by atoms with Crippen LogP contribution in [-0.4, -0.2) is 36.6 Å². The van der Waals surface area contributed by atoms with E-state index in [-0.39, 0.29) is 11.5 Å². The molecule has 1 aromatic heterocycles. The minimum atomic E-state index is 0.0952. The summed E-state index contributed by atoms with van der Waals surface area (Å²) in [5, 5.41) is 3.36. The molecule has 0 fully saturated rings. The maximum Gasteiger partial charge on any atom is 0.226 e. The highest BCUT2D eigenvalue weighted by Gasteiger charge is 2.23. The molecule has 0 bridgehead atoms. The van der Waals surface area contributed by atoms with Gasteiger partial charge in [0.1, 0.15) is 5.82 Å². The van der Waals surface area contributed by atoms with Gasteiger partial charge in [-0.2, -0.15) is 4.98 Å². The van der Waals surface area contributed by atoms with Crippen LogP contribution in [0.2, 0.25) is 0 Å². The maximum absolute atomic E-state index is 5.79. The van der Waals surface area contributed by atoms with Gasteiger partial charge in [0.05, 0.1) is 0 Å². The van der Waals surface area contributed by atoms with E-state index in [0.29, 0.717) is 12.5 Å². The Morgan fingerprint density at radius 2 is 2.06 bits per heavy atom. The zero-order valence-corrected chi connectivity index (χ0v) is 11.4. The van der Waals surface area contributed by atoms with Crippen LogP contribution in [0, 0.1) is 5.41 Å². The van der Waals surface area contributed by atoms with Crippen molar-refractivity contribution in [2.75, 3.05) is 30.9 Å². The van der Waals surface area contributed by atoms with Crippen LogP contribution in [0.4, 0.5) is 11.8 Å². The van der Waals surface area contributed by atoms with Crippen LogP contribution < -0.4 is 16.0 Å². The molecule has 1 atom stereocenters. The van der Waals surface area contributed by atoms with E-state index in [9.17, 15) is 0 Å². The maximum atomic E-state index is 5.79. The lowest BCUT2D eigenvalue weighted by atomic mass is 9.87. The Kier molecular flexibility index (Phi) is 4.28. The molecule has 17 heavy (non-hydrogen) atoms. The predicted octanol–water partition coefficient (Wildman–Crippen LogP) is 1.33. The number of anilines is 2. The molecule has 5 nitrogen and oxygen atoms in total. The molecule has 0 aromatic carbocycles. The summed E-state index contributed by atoms with van der Waals surface area (Å²) in [5.74, 6) is 1.51. The van der Waals surface area contributed by atoms with Crippen LogP contribution in [0.5, 0.6) is 0 Å². The summed E-state index contributed by atoms with van der Waals surface area (Å²) in [6, 6.07) is 2.05. The van der Waals surface area contributed by atoms with Gasteiger partial charge < -0.3 is 16.0 Å². The third kappa shape index (κ3) is 3.85. The van der Waals surface area contributed by atoms with Gasteiger partial charge in [0.2, 0.25) is 5.95 Å². The third-order valence-corrected chi connectivity index (χ3v) is 2.65. The number of rotatable bonds is 4. The molecule has 0 aliphatic rings. The van der Waals surface area contributed by atoms with E-state index in [2.05, 4.69) is 36.1 Å². The van der Waals surface area contributed by atoms with Crippen LogP contribution in [0.3, 0.4) is 0 Å². The molecule has 0 saturated carbocycles. The summed E-state index contributed by atoms with van der Waals surface area (Å²) in [6.07, 6.45) is 1.75. The molecule has 1 heterocycles. The van der Waals surface area contributed by atoms with Gasteiger partial charge in [-0.1, -0.05) is 20.8 Å². The Balaban J connectivity index is 2.83. The highest BCUT2D eigenvalue weighted by molar-refractivity contribution is 5.41. The Bertz CT molecular complexity index is 356. The van der Waals surface area contributed by atoms with Gasteiger partial charge in [0.15, 0.2) is 0 Å². The standard InChI is InChI=1S/C12H23N5/c1-12(2,3)9(8-13)15-10-6-7-14-11(16-10)17(4)5/h6-7,9H,8,13H2,1-5H3,(H,14,15,16). The second-order valence-corrected chi connectivity index (χ2v) is 5.43. The summed E-state index contributed by atoms with van der Waals surface area (Å²) in [7, 11) is 3.84. The number of aromatic nitrogens is 2. The first-order valence-electron chi connectivity index (χ1n) is 5.81. The van der Waals surface area contributed by atoms with Crippen molar-refractivity contribution >= 4 is 11.8 Å². The molecule has 0 saturated heterocycles. The summed E-state index contributed by atoms with van der Waals surface area (Å²) in [4.78, 5) is 10.5. The normalized spacial score (nSPS) is 13.3. The monoisotopic (exact) mass is 237 g/mol. The van der Waals surface area contributed by atoms with Gasteiger partial charge in [-0.25, -0.2) is 4.98 Å². The summed E-state index contributed by atoms with van der Waals surface area (Å²) >= 11 is 0. The first-order valence-corrected chi connectivity index (χ1v) is 5.81. The molecule has 0 aliphatic heterocycles. The van der Waals surface area contributed by atoms with Crippen LogP contribution >= 0.6 is 0 Å². The second-order valence-electron chi connectivity index (χ2n) is 5.43. The third-order valence-electron chi connectivity index (χ3n) is 2.65. The Hall–Kier alpha value is -1.36. The van der Waals surface area contributed by atoms with E-state index in [0.717, 1.165) is 5.82 Å². The zero-order chi connectivity index (χ0) is 13.1. The average molecular weight is 237 g/mol. The van der Waals surface area contributed by atoms with E-state index in [1.54, 1.807) is 6.20 Å². The van der Waals surface area contributed by atoms with Gasteiger partial charge in [0, 0.05) is 32.9 Å². The topological polar surface area (TPSA) is 67.1 Å². The Labute approximate surface area is 103 Å². The quantitative estimate of drug-likeness (QED) is 0.827. The molecular formula is C12H23N5. The lowest BCUT2D eigenvalue weighted by Gasteiger charge is -2.30. The molecule has 0 amide bonds. The molecule has 0 radical (unpaired) electrons. The predicted molar refractivity (Wildman–Crippen MR) is 72.3 cm³/mol. The SMILES string of the molecule is CN(C)c1nccc(NC(CN)C(C)(C)C)n1. The van der Waals surface area contributed by atoms with Gasteiger partial charge in [0.25, 0.3) is 0 Å². The van der Waals surface area contributed by atoms with Crippen molar-refractivity contribution in [3.05, 3.63) is 12.3 Å². The summed E-state index contributed by atoms with van der Waals surface area (Å²) in [5.41, 5.74) is 5.88. The van der Waals surface area contributed by atoms with E-state index >= 15 is 0 Å². The van der Waals surface area contributed by atoms with Crippen molar-refractivity contribution < 1.29 is 0 Å². The van der Waals surface area contributed by atoms with E-state index in [1.165, 1.54) is 0 Å². The number of nitrogens with zero attached hydrogens (tertiary/aromatic N) is 3. The average Bonchev–Trinajstić information content (AvgIpc) is 2.24. The van der Waals surface area contributed by atoms with Gasteiger partial charge >= 0.3 is 0 Å². The number of hydrogen-bond acceptors (Lipinski definition) is 5. The molecule has 1 unspecified atom stereocenters. The molecule has 1 aromatic rings. The van der Waals surface area contributed by atoms with Crippen LogP contribution in [0.1, 0.15) is 20.8 Å². The molecule has 96 valence electrons. The number of nitrogens with one attached hydrogen (secondary N) is 1. The van der Waals surface area contributed by atoms with Gasteiger partial charge in [-0.15, -0.1) is 0 Å². The molecule has 5 heteroatoms. The Morgan fingerprint density at radius 3 is 2.53 bits per heavy atom. The highest BCUT2D eigenvalue weighted by Crippen LogP contribution is 2.22. The zero-order valence-electron chi connectivity index (χ0n) is 11.4. The fourth-order valence-electron chi connectivity index (χ4n) is 1.45. The van der Waals surface area contributed by atoms with Crippen molar-refractivity contribution in [2.45, 2.75) is 26.8 Å². The van der Waals surface area contributed by atoms with Crippen molar-refractivity contribution in [1.82, 2.24) is 9.97 Å². The minimum absolute atomic E-state index is 0.0952. The van der Waals surface area contributed by atoms with Crippen LogP contribution in [0.25, 0.3) is 0 Å². The summed E-state index contributed by atoms with van der Waals surface area (Å²) < 4.78 is 0. The van der Waals surface area contributed by atoms with Crippen molar-refractivity contribution in [2.24, 2.45) is 11.1 Å². The first kappa shape index (κ1) is 13.7. The largest absolute Gasteiger partial charge is 0.365 e. The molecule has 0 aliphatic carbocycles. The minimum Gasteiger partial charge on any atom is -0.365 e. The van der Waals surface area contributed by atoms with Gasteiger partial charge in [-0.05, 0) is 11.5 Å². The second kappa shape index (κ2) is 5.31. The molecule has 3 N–H and O–H groups in total. The van der Waals surface area contributed by atoms with E-state index in [1.807, 2.05) is 25.1 Å². The van der Waals surface area contributed by atoms with Crippen molar-refractivity contribution in [3.8, 4) is 0 Å². The molecule has 1 rings (SSSR count). The fraction of sp³-hybridized carbons (Fsp3) is 0.667. The lowest BCUT2D eigenvalue weighted by molar-refractivity contribution is 0.345. The smallest absolute Gasteiger partial charge is 0.226 e. The first-order chi connectivity index (χ1) is 7.84. The molecule has 0 spiro atoms. The summed E-state index contributed by atoms with van der Waals surface area (Å²) in [6.45, 7) is 7.05. The van der Waals surface area contributed by atoms with Gasteiger partial charge in [-0.3, -0.25) is 0 Å². The molecular weight excluding hydrogens is 214 g/mol. The Morgan fingerprint density at radius 1 is 1.41 bits per heavy atom. The van der Waals surface area contributed by atoms with E-state index < -0.39 is 0 Å². The number of nitrogens with two attached hydrogens (primary N) is 1. The van der Waals surface area contributed by atoms with Crippen molar-refractivity contribution in [1.29, 1.82) is 0 Å². The highest BCUT2D eigenvalue weighted by atomic mass is 15.2. The lowest BCUT2D eigenvalue weighted by Crippen LogP contribution is -2.40. The van der Waals surface area contributed by atoms with Crippen molar-refractivity contribution in [3.63, 3.8) is 0 Å².